The first-order valence-electron chi connectivity index (χ1n) is 4.08. The van der Waals surface area contributed by atoms with Gasteiger partial charge in [0.1, 0.15) is 12.5 Å². The molecule has 0 aliphatic heterocycles. The van der Waals surface area contributed by atoms with Gasteiger partial charge in [-0.3, -0.25) is 4.79 Å². The largest absolute Gasteiger partial charge is 0.298 e. The molecular formula is C10H9BrClFO. The van der Waals surface area contributed by atoms with Crippen LogP contribution in [-0.2, 0) is 17.9 Å². The molecule has 0 amide bonds. The summed E-state index contributed by atoms with van der Waals surface area (Å²) >= 11 is 8.82. The summed E-state index contributed by atoms with van der Waals surface area (Å²) in [5, 5.41) is 0.810. The molecule has 0 saturated carbocycles. The Labute approximate surface area is 95.4 Å². The Bertz CT molecular complexity index is 341. The zero-order chi connectivity index (χ0) is 10.6. The molecule has 0 aliphatic rings. The van der Waals surface area contributed by atoms with E-state index in [2.05, 4.69) is 15.9 Å². The molecule has 0 aliphatic carbocycles. The number of carbonyl (C=O) groups is 1. The highest BCUT2D eigenvalue weighted by Crippen LogP contribution is 2.18. The van der Waals surface area contributed by atoms with Gasteiger partial charge in [0.05, 0.1) is 5.33 Å². The van der Waals surface area contributed by atoms with Gasteiger partial charge < -0.3 is 0 Å². The molecule has 1 rings (SSSR count). The fraction of sp³-hybridized carbons (Fsp3) is 0.300. The van der Waals surface area contributed by atoms with Gasteiger partial charge in [0, 0.05) is 11.4 Å². The van der Waals surface area contributed by atoms with Crippen LogP contribution >= 0.6 is 27.5 Å². The van der Waals surface area contributed by atoms with E-state index in [9.17, 15) is 9.18 Å². The van der Waals surface area contributed by atoms with Gasteiger partial charge in [-0.15, -0.1) is 0 Å². The average molecular weight is 280 g/mol. The maximum Gasteiger partial charge on any atom is 0.147 e. The van der Waals surface area contributed by atoms with Crippen LogP contribution in [0.2, 0.25) is 5.02 Å². The fourth-order valence-electron chi connectivity index (χ4n) is 1.15. The zero-order valence-corrected chi connectivity index (χ0v) is 9.74. The summed E-state index contributed by atoms with van der Waals surface area (Å²) in [4.78, 5) is 11.1. The van der Waals surface area contributed by atoms with Crippen molar-refractivity contribution in [2.24, 2.45) is 0 Å². The molecule has 0 aromatic heterocycles. The van der Waals surface area contributed by atoms with Crippen molar-refractivity contribution in [1.82, 2.24) is 0 Å². The van der Waals surface area contributed by atoms with Crippen molar-refractivity contribution in [1.29, 1.82) is 0 Å². The molecule has 0 radical (unpaired) electrons. The maximum atomic E-state index is 12.5. The number of hydrogen-bond donors (Lipinski definition) is 0. The third kappa shape index (κ3) is 3.07. The summed E-state index contributed by atoms with van der Waals surface area (Å²) in [5.74, 6) is 0.0157. The molecule has 0 bridgehead atoms. The summed E-state index contributed by atoms with van der Waals surface area (Å²) in [6.07, 6.45) is 0.227. The lowest BCUT2D eigenvalue weighted by Gasteiger charge is -2.05. The molecule has 0 heterocycles. The van der Waals surface area contributed by atoms with E-state index in [1.54, 1.807) is 18.2 Å². The standard InChI is InChI=1S/C10H9BrClFO/c11-5-10(14)4-8-3-9(12)2-1-7(8)6-13/h1-3H,4-6H2. The molecule has 0 atom stereocenters. The van der Waals surface area contributed by atoms with E-state index in [0.717, 1.165) is 0 Å². The molecule has 76 valence electrons. The lowest BCUT2D eigenvalue weighted by Crippen LogP contribution is -2.05. The molecular weight excluding hydrogens is 270 g/mol. The molecule has 0 spiro atoms. The van der Waals surface area contributed by atoms with Crippen LogP contribution < -0.4 is 0 Å². The van der Waals surface area contributed by atoms with Crippen LogP contribution in [0.15, 0.2) is 18.2 Å². The van der Waals surface area contributed by atoms with E-state index in [1.807, 2.05) is 0 Å². The summed E-state index contributed by atoms with van der Waals surface area (Å²) in [7, 11) is 0. The molecule has 1 aromatic carbocycles. The number of ketones is 1. The molecule has 4 heteroatoms. The number of carbonyl (C=O) groups excluding carboxylic acids is 1. The Hall–Kier alpha value is -0.410. The number of alkyl halides is 2. The van der Waals surface area contributed by atoms with Gasteiger partial charge in [0.15, 0.2) is 0 Å². The van der Waals surface area contributed by atoms with Crippen LogP contribution in [0.3, 0.4) is 0 Å². The minimum atomic E-state index is -0.567. The highest BCUT2D eigenvalue weighted by atomic mass is 79.9. The third-order valence-electron chi connectivity index (χ3n) is 1.85. The Kier molecular flexibility index (Phi) is 4.55. The Morgan fingerprint density at radius 2 is 2.14 bits per heavy atom. The molecule has 0 N–H and O–H groups in total. The molecule has 14 heavy (non-hydrogen) atoms. The minimum Gasteiger partial charge on any atom is -0.298 e. The summed E-state index contributed by atoms with van der Waals surface area (Å²) in [5.41, 5.74) is 1.20. The van der Waals surface area contributed by atoms with Gasteiger partial charge in [0.2, 0.25) is 0 Å². The van der Waals surface area contributed by atoms with E-state index in [1.165, 1.54) is 0 Å². The van der Waals surface area contributed by atoms with Crippen molar-refractivity contribution in [2.45, 2.75) is 13.1 Å². The third-order valence-corrected chi connectivity index (χ3v) is 2.71. The van der Waals surface area contributed by atoms with Crippen molar-refractivity contribution in [3.63, 3.8) is 0 Å². The number of halogens is 3. The Balaban J connectivity index is 2.93. The first kappa shape index (κ1) is 11.7. The smallest absolute Gasteiger partial charge is 0.147 e. The molecule has 1 aromatic rings. The van der Waals surface area contributed by atoms with Gasteiger partial charge in [-0.25, -0.2) is 4.39 Å². The van der Waals surface area contributed by atoms with Gasteiger partial charge in [0.25, 0.3) is 0 Å². The number of benzene rings is 1. The van der Waals surface area contributed by atoms with Crippen molar-refractivity contribution in [3.05, 3.63) is 34.3 Å². The van der Waals surface area contributed by atoms with Crippen LogP contribution in [0.4, 0.5) is 4.39 Å². The molecule has 1 nitrogen and oxygen atoms in total. The van der Waals surface area contributed by atoms with E-state index >= 15 is 0 Å². The molecule has 0 fully saturated rings. The number of Topliss-reactive ketones (excluding diaryl/α,β-unsaturated/α-hetero) is 1. The van der Waals surface area contributed by atoms with Gasteiger partial charge in [-0.05, 0) is 23.3 Å². The van der Waals surface area contributed by atoms with Crippen LogP contribution in [-0.4, -0.2) is 11.1 Å². The number of hydrogen-bond acceptors (Lipinski definition) is 1. The predicted octanol–water partition coefficient (Wildman–Crippen LogP) is 3.32. The highest BCUT2D eigenvalue weighted by Gasteiger charge is 2.07. The lowest BCUT2D eigenvalue weighted by atomic mass is 10.0. The lowest BCUT2D eigenvalue weighted by molar-refractivity contribution is -0.115. The van der Waals surface area contributed by atoms with Crippen molar-refractivity contribution in [2.75, 3.05) is 5.33 Å². The van der Waals surface area contributed by atoms with Crippen LogP contribution in [0.1, 0.15) is 11.1 Å². The van der Waals surface area contributed by atoms with Gasteiger partial charge >= 0.3 is 0 Å². The maximum absolute atomic E-state index is 12.5. The van der Waals surface area contributed by atoms with E-state index < -0.39 is 6.67 Å². The summed E-state index contributed by atoms with van der Waals surface area (Å²) < 4.78 is 12.5. The topological polar surface area (TPSA) is 17.1 Å². The average Bonchev–Trinajstić information content (AvgIpc) is 2.18. The van der Waals surface area contributed by atoms with Gasteiger partial charge in [-0.2, -0.15) is 0 Å². The molecule has 0 unspecified atom stereocenters. The van der Waals surface area contributed by atoms with Crippen molar-refractivity contribution < 1.29 is 9.18 Å². The van der Waals surface area contributed by atoms with Crippen molar-refractivity contribution in [3.8, 4) is 0 Å². The number of rotatable bonds is 4. The first-order valence-corrected chi connectivity index (χ1v) is 5.58. The SMILES string of the molecule is O=C(CBr)Cc1cc(Cl)ccc1CF. The highest BCUT2D eigenvalue weighted by molar-refractivity contribution is 9.09. The van der Waals surface area contributed by atoms with Crippen LogP contribution in [0.5, 0.6) is 0 Å². The first-order chi connectivity index (χ1) is 6.67. The second-order valence-electron chi connectivity index (χ2n) is 2.90. The zero-order valence-electron chi connectivity index (χ0n) is 7.40. The van der Waals surface area contributed by atoms with E-state index in [4.69, 9.17) is 11.6 Å². The fourth-order valence-corrected chi connectivity index (χ4v) is 1.54. The minimum absolute atomic E-state index is 0.0157. The second-order valence-corrected chi connectivity index (χ2v) is 3.89. The monoisotopic (exact) mass is 278 g/mol. The second kappa shape index (κ2) is 5.47. The molecule has 0 saturated heterocycles. The van der Waals surface area contributed by atoms with E-state index in [-0.39, 0.29) is 17.5 Å². The Morgan fingerprint density at radius 3 is 2.71 bits per heavy atom. The van der Waals surface area contributed by atoms with E-state index in [0.29, 0.717) is 16.1 Å². The van der Waals surface area contributed by atoms with Crippen LogP contribution in [0.25, 0.3) is 0 Å². The quantitative estimate of drug-likeness (QED) is 0.773. The summed E-state index contributed by atoms with van der Waals surface area (Å²) in [6, 6.07) is 4.87. The normalized spacial score (nSPS) is 10.2. The predicted molar refractivity (Wildman–Crippen MR) is 58.8 cm³/mol. The Morgan fingerprint density at radius 1 is 1.43 bits per heavy atom. The summed E-state index contributed by atoms with van der Waals surface area (Å²) in [6.45, 7) is -0.567. The van der Waals surface area contributed by atoms with Crippen LogP contribution in [0, 0.1) is 0 Å². The van der Waals surface area contributed by atoms with Crippen molar-refractivity contribution >= 4 is 33.3 Å². The van der Waals surface area contributed by atoms with Gasteiger partial charge in [-0.1, -0.05) is 33.6 Å².